The Morgan fingerprint density at radius 2 is 2.06 bits per heavy atom. The number of hydrogen-bond donors (Lipinski definition) is 1. The van der Waals surface area contributed by atoms with Crippen LogP contribution in [0.2, 0.25) is 0 Å². The maximum Gasteiger partial charge on any atom is 0.323 e. The van der Waals surface area contributed by atoms with Crippen LogP contribution in [0, 0.1) is 5.92 Å². The van der Waals surface area contributed by atoms with Crippen molar-refractivity contribution in [3.63, 3.8) is 0 Å². The molecule has 0 bridgehead atoms. The van der Waals surface area contributed by atoms with Gasteiger partial charge < -0.3 is 9.84 Å². The highest BCUT2D eigenvalue weighted by Gasteiger charge is 2.35. The van der Waals surface area contributed by atoms with Gasteiger partial charge in [0.2, 0.25) is 0 Å². The summed E-state index contributed by atoms with van der Waals surface area (Å²) in [4.78, 5) is 24.8. The summed E-state index contributed by atoms with van der Waals surface area (Å²) in [5, 5.41) is 8.91. The van der Waals surface area contributed by atoms with E-state index in [1.54, 1.807) is 6.92 Å². The fourth-order valence-corrected chi connectivity index (χ4v) is 2.11. The molecule has 5 nitrogen and oxygen atoms in total. The molecule has 5 heteroatoms. The molecule has 0 aliphatic carbocycles. The first-order valence-corrected chi connectivity index (χ1v) is 6.40. The third-order valence-corrected chi connectivity index (χ3v) is 2.97. The van der Waals surface area contributed by atoms with E-state index < -0.39 is 17.5 Å². The number of ether oxygens (including phenoxy) is 1. The summed E-state index contributed by atoms with van der Waals surface area (Å²) in [6.07, 6.45) is 1.66. The van der Waals surface area contributed by atoms with Gasteiger partial charge in [0.15, 0.2) is 0 Å². The van der Waals surface area contributed by atoms with Gasteiger partial charge in [0, 0.05) is 6.54 Å². The van der Waals surface area contributed by atoms with Crippen molar-refractivity contribution in [3.8, 4) is 0 Å². The van der Waals surface area contributed by atoms with Crippen LogP contribution in [0.1, 0.15) is 40.5 Å². The molecule has 0 spiro atoms. The fraction of sp³-hybridized carbons (Fsp3) is 0.846. The summed E-state index contributed by atoms with van der Waals surface area (Å²) in [6, 6.07) is -0.286. The average molecular weight is 257 g/mol. The number of esters is 1. The van der Waals surface area contributed by atoms with Crippen molar-refractivity contribution < 1.29 is 19.4 Å². The van der Waals surface area contributed by atoms with Gasteiger partial charge in [-0.25, -0.2) is 0 Å². The van der Waals surface area contributed by atoms with Crippen molar-refractivity contribution in [2.75, 3.05) is 13.1 Å². The predicted molar refractivity (Wildman–Crippen MR) is 67.2 cm³/mol. The molecule has 0 saturated carbocycles. The van der Waals surface area contributed by atoms with E-state index in [0.29, 0.717) is 6.54 Å². The molecular weight excluding hydrogens is 234 g/mol. The Labute approximate surface area is 108 Å². The van der Waals surface area contributed by atoms with Gasteiger partial charge in [-0.05, 0) is 40.2 Å². The van der Waals surface area contributed by atoms with Gasteiger partial charge in [0.1, 0.15) is 11.6 Å². The second kappa shape index (κ2) is 5.69. The predicted octanol–water partition coefficient (Wildman–Crippen LogP) is 1.51. The summed E-state index contributed by atoms with van der Waals surface area (Å²) in [6.45, 7) is 8.34. The molecule has 0 aromatic heterocycles. The molecule has 1 rings (SSSR count). The van der Waals surface area contributed by atoms with Crippen molar-refractivity contribution in [2.24, 2.45) is 5.92 Å². The SMILES string of the molecule is CC(CN1CCC[C@H]1C(=O)OC(C)(C)C)C(=O)O. The van der Waals surface area contributed by atoms with Crippen molar-refractivity contribution in [1.82, 2.24) is 4.90 Å². The summed E-state index contributed by atoms with van der Waals surface area (Å²) >= 11 is 0. The van der Waals surface area contributed by atoms with E-state index >= 15 is 0 Å². The van der Waals surface area contributed by atoms with E-state index in [0.717, 1.165) is 19.4 Å². The Morgan fingerprint density at radius 3 is 2.56 bits per heavy atom. The van der Waals surface area contributed by atoms with E-state index in [-0.39, 0.29) is 12.0 Å². The monoisotopic (exact) mass is 257 g/mol. The number of hydrogen-bond acceptors (Lipinski definition) is 4. The van der Waals surface area contributed by atoms with Gasteiger partial charge in [0.05, 0.1) is 5.92 Å². The molecule has 1 aliphatic heterocycles. The van der Waals surface area contributed by atoms with Crippen molar-refractivity contribution in [3.05, 3.63) is 0 Å². The van der Waals surface area contributed by atoms with Crippen LogP contribution < -0.4 is 0 Å². The number of carboxylic acids is 1. The molecule has 0 amide bonds. The van der Waals surface area contributed by atoms with Crippen LogP contribution in [-0.4, -0.2) is 46.7 Å². The smallest absolute Gasteiger partial charge is 0.323 e. The van der Waals surface area contributed by atoms with Gasteiger partial charge in [-0.2, -0.15) is 0 Å². The second-order valence-electron chi connectivity index (χ2n) is 5.93. The van der Waals surface area contributed by atoms with E-state index in [1.165, 1.54) is 0 Å². The molecule has 0 aromatic carbocycles. The number of carbonyl (C=O) groups is 2. The van der Waals surface area contributed by atoms with Gasteiger partial charge in [-0.3, -0.25) is 14.5 Å². The third kappa shape index (κ3) is 4.29. The fourth-order valence-electron chi connectivity index (χ4n) is 2.11. The van der Waals surface area contributed by atoms with Gasteiger partial charge in [-0.15, -0.1) is 0 Å². The lowest BCUT2D eigenvalue weighted by atomic mass is 10.1. The van der Waals surface area contributed by atoms with E-state index in [1.807, 2.05) is 25.7 Å². The van der Waals surface area contributed by atoms with Crippen molar-refractivity contribution >= 4 is 11.9 Å². The molecule has 18 heavy (non-hydrogen) atoms. The lowest BCUT2D eigenvalue weighted by Gasteiger charge is -2.28. The maximum absolute atomic E-state index is 12.0. The van der Waals surface area contributed by atoms with Crippen LogP contribution in [-0.2, 0) is 14.3 Å². The number of rotatable bonds is 4. The highest BCUT2D eigenvalue weighted by molar-refractivity contribution is 5.76. The molecule has 104 valence electrons. The van der Waals surface area contributed by atoms with Crippen LogP contribution in [0.5, 0.6) is 0 Å². The standard InChI is InChI=1S/C13H23NO4/c1-9(11(15)16)8-14-7-5-6-10(14)12(17)18-13(2,3)4/h9-10H,5-8H2,1-4H3,(H,15,16)/t9?,10-/m0/s1. The number of carbonyl (C=O) groups excluding carboxylic acids is 1. The van der Waals surface area contributed by atoms with Crippen LogP contribution >= 0.6 is 0 Å². The summed E-state index contributed by atoms with van der Waals surface area (Å²) in [5.74, 6) is -1.53. The number of carboxylic acid groups (broad SMARTS) is 1. The Morgan fingerprint density at radius 1 is 1.44 bits per heavy atom. The zero-order valence-corrected chi connectivity index (χ0v) is 11.6. The minimum Gasteiger partial charge on any atom is -0.481 e. The number of aliphatic carboxylic acids is 1. The lowest BCUT2D eigenvalue weighted by molar-refractivity contribution is -0.161. The lowest BCUT2D eigenvalue weighted by Crippen LogP contribution is -2.43. The first-order valence-electron chi connectivity index (χ1n) is 6.40. The number of nitrogens with zero attached hydrogens (tertiary/aromatic N) is 1. The van der Waals surface area contributed by atoms with Crippen LogP contribution in [0.4, 0.5) is 0 Å². The maximum atomic E-state index is 12.0. The molecule has 1 aliphatic rings. The summed E-state index contributed by atoms with van der Waals surface area (Å²) < 4.78 is 5.37. The normalized spacial score (nSPS) is 22.8. The largest absolute Gasteiger partial charge is 0.481 e. The first-order chi connectivity index (χ1) is 8.20. The number of likely N-dealkylation sites (tertiary alicyclic amines) is 1. The molecule has 1 heterocycles. The average Bonchev–Trinajstić information content (AvgIpc) is 2.62. The van der Waals surface area contributed by atoms with Crippen LogP contribution in [0.25, 0.3) is 0 Å². The molecule has 0 aromatic rings. The summed E-state index contributed by atoms with van der Waals surface area (Å²) in [5.41, 5.74) is -0.496. The molecule has 2 atom stereocenters. The molecule has 1 fully saturated rings. The first kappa shape index (κ1) is 15.0. The second-order valence-corrected chi connectivity index (χ2v) is 5.93. The quantitative estimate of drug-likeness (QED) is 0.773. The van der Waals surface area contributed by atoms with E-state index in [4.69, 9.17) is 9.84 Å². The van der Waals surface area contributed by atoms with Crippen molar-refractivity contribution in [1.29, 1.82) is 0 Å². The molecule has 0 radical (unpaired) electrons. The minimum absolute atomic E-state index is 0.238. The van der Waals surface area contributed by atoms with E-state index in [2.05, 4.69) is 0 Å². The summed E-state index contributed by atoms with van der Waals surface area (Å²) in [7, 11) is 0. The Hall–Kier alpha value is -1.10. The molecule has 1 unspecified atom stereocenters. The van der Waals surface area contributed by atoms with E-state index in [9.17, 15) is 9.59 Å². The Balaban J connectivity index is 2.59. The van der Waals surface area contributed by atoms with Gasteiger partial charge in [-0.1, -0.05) is 6.92 Å². The Kier molecular flexibility index (Phi) is 4.73. The van der Waals surface area contributed by atoms with Crippen LogP contribution in [0.3, 0.4) is 0 Å². The zero-order valence-electron chi connectivity index (χ0n) is 11.6. The molecule has 1 saturated heterocycles. The van der Waals surface area contributed by atoms with Gasteiger partial charge in [0.25, 0.3) is 0 Å². The van der Waals surface area contributed by atoms with Crippen LogP contribution in [0.15, 0.2) is 0 Å². The highest BCUT2D eigenvalue weighted by Crippen LogP contribution is 2.22. The third-order valence-electron chi connectivity index (χ3n) is 2.97. The highest BCUT2D eigenvalue weighted by atomic mass is 16.6. The molecule has 1 N–H and O–H groups in total. The van der Waals surface area contributed by atoms with Crippen molar-refractivity contribution in [2.45, 2.75) is 52.2 Å². The van der Waals surface area contributed by atoms with Gasteiger partial charge >= 0.3 is 11.9 Å². The zero-order chi connectivity index (χ0) is 13.9. The topological polar surface area (TPSA) is 66.8 Å². The molecular formula is C13H23NO4. The minimum atomic E-state index is -0.829. The Bertz CT molecular complexity index is 321.